The van der Waals surface area contributed by atoms with Crippen LogP contribution in [0.2, 0.25) is 0 Å². The van der Waals surface area contributed by atoms with E-state index in [2.05, 4.69) is 25.2 Å². The minimum Gasteiger partial charge on any atom is -0.493 e. The molecule has 1 aliphatic carbocycles. The number of hydrogen-bond donors (Lipinski definition) is 2. The topological polar surface area (TPSA) is 91.2 Å². The number of fused-ring (bicyclic) bond motifs is 1. The largest absolute Gasteiger partial charge is 0.493 e. The molecule has 0 aliphatic heterocycles. The Bertz CT molecular complexity index is 1290. The normalized spacial score (nSPS) is 13.2. The maximum absolute atomic E-state index is 12.1. The summed E-state index contributed by atoms with van der Waals surface area (Å²) in [7, 11) is 1.99. The molecule has 1 fully saturated rings. The van der Waals surface area contributed by atoms with E-state index in [4.69, 9.17) is 0 Å². The Kier molecular flexibility index (Phi) is 5.15. The van der Waals surface area contributed by atoms with Crippen LogP contribution in [0.1, 0.15) is 24.2 Å². The molecule has 0 bridgehead atoms. The third-order valence-corrected chi connectivity index (χ3v) is 5.66. The van der Waals surface area contributed by atoms with E-state index < -0.39 is 0 Å². The van der Waals surface area contributed by atoms with Crippen LogP contribution in [-0.4, -0.2) is 33.0 Å². The molecular formula is C25H23N5O2. The van der Waals surface area contributed by atoms with E-state index in [1.54, 1.807) is 18.5 Å². The summed E-state index contributed by atoms with van der Waals surface area (Å²) in [6, 6.07) is 17.7. The number of amides is 1. The van der Waals surface area contributed by atoms with Crippen LogP contribution in [0.5, 0.6) is 5.88 Å². The van der Waals surface area contributed by atoms with Crippen molar-refractivity contribution < 1.29 is 9.90 Å². The summed E-state index contributed by atoms with van der Waals surface area (Å²) in [6.07, 6.45) is 5.71. The lowest BCUT2D eigenvalue weighted by Gasteiger charge is -2.20. The highest BCUT2D eigenvalue weighted by Gasteiger charge is 2.29. The Morgan fingerprint density at radius 3 is 2.69 bits per heavy atom. The van der Waals surface area contributed by atoms with Gasteiger partial charge in [0.1, 0.15) is 5.82 Å². The zero-order valence-corrected chi connectivity index (χ0v) is 17.7. The third kappa shape index (κ3) is 4.23. The fourth-order valence-electron chi connectivity index (χ4n) is 3.64. The third-order valence-electron chi connectivity index (χ3n) is 5.66. The molecule has 1 saturated carbocycles. The minimum atomic E-state index is -0.0302. The average Bonchev–Trinajstić information content (AvgIpc) is 3.65. The van der Waals surface area contributed by atoms with Gasteiger partial charge in [0.25, 0.3) is 0 Å². The average molecular weight is 425 g/mol. The molecule has 2 N–H and O–H groups in total. The van der Waals surface area contributed by atoms with Crippen molar-refractivity contribution in [1.29, 1.82) is 0 Å². The number of nitrogens with zero attached hydrogens (tertiary/aromatic N) is 4. The standard InChI is InChI=1S/C25H23N5O2/c1-30(20-4-2-3-18(14-20)27-24(31)17-7-8-17)19-9-5-16(6-10-19)13-23-28-22-15-26-12-11-21(22)25(32)29-23/h2-6,9-12,14-15,17H,7-8,13H2,1H3,(H,27,31)(H,28,29,32). The van der Waals surface area contributed by atoms with Gasteiger partial charge in [-0.2, -0.15) is 4.98 Å². The second-order valence-corrected chi connectivity index (χ2v) is 8.07. The first-order valence-corrected chi connectivity index (χ1v) is 10.6. The lowest BCUT2D eigenvalue weighted by molar-refractivity contribution is -0.117. The quantitative estimate of drug-likeness (QED) is 0.475. The number of carbonyl (C=O) groups excluding carboxylic acids is 1. The Morgan fingerprint density at radius 2 is 1.91 bits per heavy atom. The van der Waals surface area contributed by atoms with Crippen LogP contribution < -0.4 is 10.2 Å². The first-order chi connectivity index (χ1) is 15.6. The zero-order valence-electron chi connectivity index (χ0n) is 17.7. The van der Waals surface area contributed by atoms with Crippen LogP contribution in [0.3, 0.4) is 0 Å². The van der Waals surface area contributed by atoms with Gasteiger partial charge in [0.05, 0.1) is 17.1 Å². The summed E-state index contributed by atoms with van der Waals surface area (Å²) < 4.78 is 0. The number of aromatic hydroxyl groups is 1. The highest BCUT2D eigenvalue weighted by atomic mass is 16.3. The molecule has 2 heterocycles. The second-order valence-electron chi connectivity index (χ2n) is 8.07. The first kappa shape index (κ1) is 19.9. The van der Waals surface area contributed by atoms with E-state index >= 15 is 0 Å². The maximum atomic E-state index is 12.1. The van der Waals surface area contributed by atoms with Gasteiger partial charge in [-0.15, -0.1) is 0 Å². The molecule has 0 atom stereocenters. The van der Waals surface area contributed by atoms with Crippen molar-refractivity contribution in [2.24, 2.45) is 5.92 Å². The molecule has 2 aromatic carbocycles. The SMILES string of the molecule is CN(c1ccc(Cc2nc(O)c3ccncc3n2)cc1)c1cccc(NC(=O)C2CC2)c1. The molecule has 32 heavy (non-hydrogen) atoms. The van der Waals surface area contributed by atoms with Crippen molar-refractivity contribution in [2.45, 2.75) is 19.3 Å². The second kappa shape index (κ2) is 8.26. The van der Waals surface area contributed by atoms with E-state index in [1.807, 2.05) is 55.6 Å². The highest BCUT2D eigenvalue weighted by molar-refractivity contribution is 5.94. The molecule has 0 unspecified atom stereocenters. The van der Waals surface area contributed by atoms with Gasteiger partial charge in [-0.25, -0.2) is 4.98 Å². The predicted molar refractivity (Wildman–Crippen MR) is 124 cm³/mol. The van der Waals surface area contributed by atoms with E-state index in [0.29, 0.717) is 23.1 Å². The summed E-state index contributed by atoms with van der Waals surface area (Å²) >= 11 is 0. The van der Waals surface area contributed by atoms with Crippen molar-refractivity contribution >= 4 is 33.9 Å². The van der Waals surface area contributed by atoms with Gasteiger partial charge < -0.3 is 15.3 Å². The number of carbonyl (C=O) groups is 1. The van der Waals surface area contributed by atoms with Crippen LogP contribution in [0.25, 0.3) is 10.9 Å². The number of hydrogen-bond acceptors (Lipinski definition) is 6. The van der Waals surface area contributed by atoms with Crippen molar-refractivity contribution in [2.75, 3.05) is 17.3 Å². The van der Waals surface area contributed by atoms with Crippen molar-refractivity contribution in [1.82, 2.24) is 15.0 Å². The van der Waals surface area contributed by atoms with Crippen LogP contribution in [-0.2, 0) is 11.2 Å². The zero-order chi connectivity index (χ0) is 22.1. The minimum absolute atomic E-state index is 0.0302. The summed E-state index contributed by atoms with van der Waals surface area (Å²) in [5.41, 5.74) is 4.48. The van der Waals surface area contributed by atoms with E-state index in [1.165, 1.54) is 0 Å². The van der Waals surface area contributed by atoms with Gasteiger partial charge in [0, 0.05) is 42.6 Å². The molecule has 1 aliphatic rings. The van der Waals surface area contributed by atoms with Gasteiger partial charge in [-0.05, 0) is 54.8 Å². The lowest BCUT2D eigenvalue weighted by atomic mass is 10.1. The van der Waals surface area contributed by atoms with Crippen molar-refractivity contribution in [3.63, 3.8) is 0 Å². The fraction of sp³-hybridized carbons (Fsp3) is 0.200. The van der Waals surface area contributed by atoms with E-state index in [-0.39, 0.29) is 17.7 Å². The Balaban J connectivity index is 1.31. The first-order valence-electron chi connectivity index (χ1n) is 10.6. The van der Waals surface area contributed by atoms with Gasteiger partial charge in [0.15, 0.2) is 0 Å². The van der Waals surface area contributed by atoms with Crippen molar-refractivity contribution in [3.8, 4) is 5.88 Å². The molecule has 4 aromatic rings. The molecule has 0 spiro atoms. The number of anilines is 3. The van der Waals surface area contributed by atoms with Crippen molar-refractivity contribution in [3.05, 3.63) is 78.4 Å². The summed E-state index contributed by atoms with van der Waals surface area (Å²) in [4.78, 5) is 26.9. The van der Waals surface area contributed by atoms with Crippen LogP contribution in [0, 0.1) is 5.92 Å². The molecule has 5 rings (SSSR count). The Hall–Kier alpha value is -4.00. The number of nitrogens with one attached hydrogen (secondary N) is 1. The summed E-state index contributed by atoms with van der Waals surface area (Å²) in [6.45, 7) is 0. The molecular weight excluding hydrogens is 402 g/mol. The number of rotatable bonds is 6. The molecule has 7 heteroatoms. The number of benzene rings is 2. The maximum Gasteiger partial charge on any atom is 0.227 e. The van der Waals surface area contributed by atoms with Crippen LogP contribution >= 0.6 is 0 Å². The van der Waals surface area contributed by atoms with Gasteiger partial charge >= 0.3 is 0 Å². The summed E-state index contributed by atoms with van der Waals surface area (Å²) in [5.74, 6) is 0.793. The number of aromatic nitrogens is 3. The van der Waals surface area contributed by atoms with Gasteiger partial charge in [-0.1, -0.05) is 18.2 Å². The monoisotopic (exact) mass is 425 g/mol. The molecule has 0 radical (unpaired) electrons. The van der Waals surface area contributed by atoms with E-state index in [9.17, 15) is 9.90 Å². The Morgan fingerprint density at radius 1 is 1.09 bits per heavy atom. The summed E-state index contributed by atoms with van der Waals surface area (Å²) in [5, 5.41) is 13.8. The van der Waals surface area contributed by atoms with E-state index in [0.717, 1.165) is 35.5 Å². The molecule has 160 valence electrons. The molecule has 1 amide bonds. The molecule has 2 aromatic heterocycles. The number of pyridine rings is 1. The lowest BCUT2D eigenvalue weighted by Crippen LogP contribution is -2.14. The highest BCUT2D eigenvalue weighted by Crippen LogP contribution is 2.31. The van der Waals surface area contributed by atoms with Gasteiger partial charge in [-0.3, -0.25) is 9.78 Å². The van der Waals surface area contributed by atoms with Gasteiger partial charge in [0.2, 0.25) is 11.8 Å². The fourth-order valence-corrected chi connectivity index (χ4v) is 3.64. The molecule has 0 saturated heterocycles. The smallest absolute Gasteiger partial charge is 0.227 e. The van der Waals surface area contributed by atoms with Crippen LogP contribution in [0.4, 0.5) is 17.1 Å². The van der Waals surface area contributed by atoms with Crippen LogP contribution in [0.15, 0.2) is 67.0 Å². The predicted octanol–water partition coefficient (Wildman–Crippen LogP) is 4.44. The molecule has 7 nitrogen and oxygen atoms in total. The Labute approximate surface area is 185 Å².